The molecule has 1 heterocycles. The second kappa shape index (κ2) is 5.91. The number of nitrogens with one attached hydrogen (secondary N) is 2. The zero-order chi connectivity index (χ0) is 14.7. The van der Waals surface area contributed by atoms with Crippen molar-refractivity contribution in [3.63, 3.8) is 0 Å². The topological polar surface area (TPSA) is 70.7 Å². The fourth-order valence-electron chi connectivity index (χ4n) is 2.48. The Morgan fingerprint density at radius 1 is 1.38 bits per heavy atom. The number of aromatic nitrogens is 3. The molecule has 0 saturated carbocycles. The van der Waals surface area contributed by atoms with E-state index in [1.165, 1.54) is 0 Å². The Bertz CT molecular complexity index is 674. The van der Waals surface area contributed by atoms with Crippen LogP contribution in [0.15, 0.2) is 36.4 Å². The Morgan fingerprint density at radius 2 is 2.29 bits per heavy atom. The highest BCUT2D eigenvalue weighted by atomic mass is 16.1. The van der Waals surface area contributed by atoms with Gasteiger partial charge in [0.05, 0.1) is 0 Å². The minimum Gasteiger partial charge on any atom is -0.326 e. The molecular weight excluding hydrogens is 264 g/mol. The molecule has 0 aliphatic heterocycles. The first-order valence-corrected chi connectivity index (χ1v) is 7.17. The maximum atomic E-state index is 12.2. The van der Waals surface area contributed by atoms with E-state index in [1.54, 1.807) is 0 Å². The number of allylic oxidation sites excluding steroid dienone is 2. The van der Waals surface area contributed by atoms with Crippen LogP contribution in [0.2, 0.25) is 0 Å². The summed E-state index contributed by atoms with van der Waals surface area (Å²) in [5.41, 5.74) is 1.68. The molecule has 0 bridgehead atoms. The molecule has 1 unspecified atom stereocenters. The Labute approximate surface area is 123 Å². The lowest BCUT2D eigenvalue weighted by molar-refractivity contribution is -0.120. The Hall–Kier alpha value is -2.43. The van der Waals surface area contributed by atoms with Gasteiger partial charge in [-0.3, -0.25) is 9.89 Å². The van der Waals surface area contributed by atoms with Crippen molar-refractivity contribution in [1.29, 1.82) is 0 Å². The van der Waals surface area contributed by atoms with Crippen LogP contribution in [0.5, 0.6) is 0 Å². The average Bonchev–Trinajstić information content (AvgIpc) is 2.95. The van der Waals surface area contributed by atoms with Gasteiger partial charge in [-0.25, -0.2) is 4.98 Å². The fraction of sp³-hybridized carbons (Fsp3) is 0.312. The van der Waals surface area contributed by atoms with Crippen molar-refractivity contribution in [2.24, 2.45) is 5.92 Å². The van der Waals surface area contributed by atoms with Crippen molar-refractivity contribution in [2.75, 3.05) is 5.32 Å². The van der Waals surface area contributed by atoms with E-state index in [0.717, 1.165) is 36.3 Å². The number of aromatic amines is 1. The number of benzene rings is 1. The fourth-order valence-corrected chi connectivity index (χ4v) is 2.48. The van der Waals surface area contributed by atoms with Gasteiger partial charge >= 0.3 is 0 Å². The number of rotatable bonds is 3. The van der Waals surface area contributed by atoms with Crippen molar-refractivity contribution in [3.05, 3.63) is 42.2 Å². The minimum absolute atomic E-state index is 0.0735. The number of carbonyl (C=O) groups is 1. The van der Waals surface area contributed by atoms with Gasteiger partial charge in [0.15, 0.2) is 5.82 Å². The van der Waals surface area contributed by atoms with E-state index in [2.05, 4.69) is 32.7 Å². The molecule has 2 aromatic rings. The van der Waals surface area contributed by atoms with Gasteiger partial charge in [-0.1, -0.05) is 24.3 Å². The summed E-state index contributed by atoms with van der Waals surface area (Å²) < 4.78 is 0. The number of hydrogen-bond acceptors (Lipinski definition) is 3. The van der Waals surface area contributed by atoms with Crippen molar-refractivity contribution >= 4 is 11.6 Å². The lowest BCUT2D eigenvalue weighted by Crippen LogP contribution is -2.23. The number of nitrogens with zero attached hydrogens (tertiary/aromatic N) is 2. The minimum atomic E-state index is 0.0735. The van der Waals surface area contributed by atoms with Crippen LogP contribution >= 0.6 is 0 Å². The molecule has 5 heteroatoms. The number of hydrogen-bond donors (Lipinski definition) is 2. The molecule has 0 spiro atoms. The largest absolute Gasteiger partial charge is 0.326 e. The second-order valence-corrected chi connectivity index (χ2v) is 5.30. The van der Waals surface area contributed by atoms with Crippen molar-refractivity contribution < 1.29 is 4.79 Å². The SMILES string of the molecule is Cc1nc(-c2cccc(NC(=O)C3CC=CCC3)c2)n[nH]1. The maximum absolute atomic E-state index is 12.2. The number of anilines is 1. The van der Waals surface area contributed by atoms with E-state index in [-0.39, 0.29) is 11.8 Å². The summed E-state index contributed by atoms with van der Waals surface area (Å²) in [5.74, 6) is 1.57. The van der Waals surface area contributed by atoms with Crippen LogP contribution in [0.4, 0.5) is 5.69 Å². The summed E-state index contributed by atoms with van der Waals surface area (Å²) in [7, 11) is 0. The first-order valence-electron chi connectivity index (χ1n) is 7.17. The molecule has 21 heavy (non-hydrogen) atoms. The van der Waals surface area contributed by atoms with Crippen molar-refractivity contribution in [1.82, 2.24) is 15.2 Å². The third-order valence-corrected chi connectivity index (χ3v) is 3.63. The zero-order valence-electron chi connectivity index (χ0n) is 12.0. The molecule has 1 atom stereocenters. The third kappa shape index (κ3) is 3.18. The van der Waals surface area contributed by atoms with Gasteiger partial charge in [0, 0.05) is 17.2 Å². The van der Waals surface area contributed by atoms with E-state index in [4.69, 9.17) is 0 Å². The average molecular weight is 282 g/mol. The quantitative estimate of drug-likeness (QED) is 0.850. The molecular formula is C16H18N4O. The summed E-state index contributed by atoms with van der Waals surface area (Å²) >= 11 is 0. The predicted octanol–water partition coefficient (Wildman–Crippen LogP) is 3.07. The van der Waals surface area contributed by atoms with E-state index in [9.17, 15) is 4.79 Å². The maximum Gasteiger partial charge on any atom is 0.227 e. The number of H-pyrrole nitrogens is 1. The molecule has 108 valence electrons. The molecule has 1 amide bonds. The third-order valence-electron chi connectivity index (χ3n) is 3.63. The summed E-state index contributed by atoms with van der Waals surface area (Å²) in [4.78, 5) is 16.5. The normalized spacial score (nSPS) is 17.7. The van der Waals surface area contributed by atoms with Crippen LogP contribution in [-0.2, 0) is 4.79 Å². The zero-order valence-corrected chi connectivity index (χ0v) is 12.0. The number of carbonyl (C=O) groups excluding carboxylic acids is 1. The number of amides is 1. The molecule has 0 radical (unpaired) electrons. The molecule has 3 rings (SSSR count). The summed E-state index contributed by atoms with van der Waals surface area (Å²) in [6.07, 6.45) is 6.94. The van der Waals surface area contributed by atoms with Crippen LogP contribution in [0.25, 0.3) is 11.4 Å². The van der Waals surface area contributed by atoms with Crippen LogP contribution in [0.1, 0.15) is 25.1 Å². The Morgan fingerprint density at radius 3 is 3.00 bits per heavy atom. The van der Waals surface area contributed by atoms with Crippen molar-refractivity contribution in [3.8, 4) is 11.4 Å². The molecule has 1 aromatic carbocycles. The Balaban J connectivity index is 1.74. The molecule has 1 aromatic heterocycles. The smallest absolute Gasteiger partial charge is 0.227 e. The number of aryl methyl sites for hydroxylation is 1. The van der Waals surface area contributed by atoms with Gasteiger partial charge in [-0.15, -0.1) is 0 Å². The van der Waals surface area contributed by atoms with E-state index in [1.807, 2.05) is 31.2 Å². The molecule has 0 fully saturated rings. The van der Waals surface area contributed by atoms with Crippen LogP contribution in [-0.4, -0.2) is 21.1 Å². The molecule has 0 saturated heterocycles. The molecule has 5 nitrogen and oxygen atoms in total. The first-order chi connectivity index (χ1) is 10.2. The second-order valence-electron chi connectivity index (χ2n) is 5.30. The van der Waals surface area contributed by atoms with Crippen molar-refractivity contribution in [2.45, 2.75) is 26.2 Å². The molecule has 2 N–H and O–H groups in total. The van der Waals surface area contributed by atoms with Gasteiger partial charge < -0.3 is 5.32 Å². The van der Waals surface area contributed by atoms with E-state index < -0.39 is 0 Å². The highest BCUT2D eigenvalue weighted by molar-refractivity contribution is 5.93. The first kappa shape index (κ1) is 13.5. The predicted molar refractivity (Wildman–Crippen MR) is 81.7 cm³/mol. The Kier molecular flexibility index (Phi) is 3.81. The molecule has 1 aliphatic rings. The van der Waals surface area contributed by atoms with Gasteiger partial charge in [-0.05, 0) is 38.3 Å². The lowest BCUT2D eigenvalue weighted by Gasteiger charge is -2.17. The van der Waals surface area contributed by atoms with Crippen LogP contribution in [0, 0.1) is 12.8 Å². The van der Waals surface area contributed by atoms with Crippen LogP contribution < -0.4 is 5.32 Å². The summed E-state index contributed by atoms with van der Waals surface area (Å²) in [6, 6.07) is 7.62. The van der Waals surface area contributed by atoms with Gasteiger partial charge in [0.25, 0.3) is 0 Å². The van der Waals surface area contributed by atoms with E-state index >= 15 is 0 Å². The standard InChI is InChI=1S/C16H18N4O/c1-11-17-15(20-19-11)13-8-5-9-14(10-13)18-16(21)12-6-3-2-4-7-12/h2-3,5,8-10,12H,4,6-7H2,1H3,(H,18,21)(H,17,19,20). The molecule has 1 aliphatic carbocycles. The lowest BCUT2D eigenvalue weighted by atomic mass is 9.93. The highest BCUT2D eigenvalue weighted by Gasteiger charge is 2.18. The monoisotopic (exact) mass is 282 g/mol. The van der Waals surface area contributed by atoms with E-state index in [0.29, 0.717) is 5.82 Å². The summed E-state index contributed by atoms with van der Waals surface area (Å²) in [5, 5.41) is 9.95. The van der Waals surface area contributed by atoms with Gasteiger partial charge in [-0.2, -0.15) is 5.10 Å². The highest BCUT2D eigenvalue weighted by Crippen LogP contribution is 2.23. The van der Waals surface area contributed by atoms with Crippen LogP contribution in [0.3, 0.4) is 0 Å². The van der Waals surface area contributed by atoms with Gasteiger partial charge in [0.1, 0.15) is 5.82 Å². The van der Waals surface area contributed by atoms with Gasteiger partial charge in [0.2, 0.25) is 5.91 Å². The summed E-state index contributed by atoms with van der Waals surface area (Å²) in [6.45, 7) is 1.86.